The van der Waals surface area contributed by atoms with Gasteiger partial charge in [0.1, 0.15) is 0 Å². The smallest absolute Gasteiger partial charge is 0.311 e. The highest BCUT2D eigenvalue weighted by Crippen LogP contribution is 2.32. The zero-order valence-electron chi connectivity index (χ0n) is 7.62. The van der Waals surface area contributed by atoms with Crippen LogP contribution in [0.15, 0.2) is 0 Å². The molecule has 0 aromatic heterocycles. The van der Waals surface area contributed by atoms with Crippen LogP contribution in [0.1, 0.15) is 26.2 Å². The van der Waals surface area contributed by atoms with Crippen molar-refractivity contribution in [2.45, 2.75) is 32.3 Å². The summed E-state index contributed by atoms with van der Waals surface area (Å²) in [5, 5.41) is 9.64. The maximum atomic E-state index is 11.0. The molecule has 0 aromatic rings. The van der Waals surface area contributed by atoms with Gasteiger partial charge >= 0.3 is 5.97 Å². The van der Waals surface area contributed by atoms with Gasteiger partial charge in [-0.3, -0.25) is 4.79 Å². The van der Waals surface area contributed by atoms with E-state index in [1.807, 2.05) is 0 Å². The van der Waals surface area contributed by atoms with Crippen LogP contribution < -0.4 is 0 Å². The zero-order chi connectivity index (χ0) is 9.14. The summed E-state index contributed by atoms with van der Waals surface area (Å²) < 4.78 is 4.55. The Morgan fingerprint density at radius 3 is 2.50 bits per heavy atom. The lowest BCUT2D eigenvalue weighted by atomic mass is 9.77. The lowest BCUT2D eigenvalue weighted by Gasteiger charge is -2.32. The molecule has 1 N–H and O–H groups in total. The predicted octanol–water partition coefficient (Wildman–Crippen LogP) is 0.956. The van der Waals surface area contributed by atoms with Crippen LogP contribution in [0.3, 0.4) is 0 Å². The molecule has 1 aliphatic rings. The predicted molar refractivity (Wildman–Crippen MR) is 44.5 cm³/mol. The first-order valence-electron chi connectivity index (χ1n) is 4.42. The van der Waals surface area contributed by atoms with Crippen LogP contribution in [0, 0.1) is 11.8 Å². The topological polar surface area (TPSA) is 46.5 Å². The van der Waals surface area contributed by atoms with Crippen molar-refractivity contribution in [3.63, 3.8) is 0 Å². The lowest BCUT2D eigenvalue weighted by Crippen LogP contribution is -2.36. The van der Waals surface area contributed by atoms with Gasteiger partial charge < -0.3 is 9.84 Å². The van der Waals surface area contributed by atoms with Crippen molar-refractivity contribution in [3.8, 4) is 0 Å². The molecule has 0 amide bonds. The summed E-state index contributed by atoms with van der Waals surface area (Å²) in [6.45, 7) is 1.72. The number of aliphatic hydroxyl groups excluding tert-OH is 1. The Morgan fingerprint density at radius 1 is 1.58 bits per heavy atom. The lowest BCUT2D eigenvalue weighted by molar-refractivity contribution is -0.150. The normalized spacial score (nSPS) is 22.6. The number of aliphatic hydroxyl groups is 1. The molecular formula is C9H16O3. The molecule has 0 aliphatic heterocycles. The summed E-state index contributed by atoms with van der Waals surface area (Å²) in [7, 11) is 1.35. The van der Waals surface area contributed by atoms with E-state index in [-0.39, 0.29) is 11.9 Å². The van der Waals surface area contributed by atoms with E-state index >= 15 is 0 Å². The molecule has 0 saturated heterocycles. The second-order valence-corrected chi connectivity index (χ2v) is 3.49. The second kappa shape index (κ2) is 3.90. The fourth-order valence-corrected chi connectivity index (χ4v) is 1.51. The van der Waals surface area contributed by atoms with Crippen LogP contribution in [-0.2, 0) is 9.53 Å². The molecule has 1 saturated carbocycles. The Morgan fingerprint density at radius 2 is 2.17 bits per heavy atom. The van der Waals surface area contributed by atoms with Gasteiger partial charge in [0.15, 0.2) is 0 Å². The molecule has 2 atom stereocenters. The van der Waals surface area contributed by atoms with Gasteiger partial charge in [-0.1, -0.05) is 6.42 Å². The number of rotatable bonds is 3. The summed E-state index contributed by atoms with van der Waals surface area (Å²) in [5.41, 5.74) is 0. The minimum atomic E-state index is -0.508. The van der Waals surface area contributed by atoms with Crippen molar-refractivity contribution >= 4 is 5.97 Å². The molecule has 0 spiro atoms. The van der Waals surface area contributed by atoms with Crippen LogP contribution in [0.5, 0.6) is 0 Å². The van der Waals surface area contributed by atoms with Crippen molar-refractivity contribution in [2.24, 2.45) is 11.8 Å². The highest BCUT2D eigenvalue weighted by atomic mass is 16.5. The molecule has 0 radical (unpaired) electrons. The maximum absolute atomic E-state index is 11.0. The minimum Gasteiger partial charge on any atom is -0.469 e. The van der Waals surface area contributed by atoms with Crippen LogP contribution in [0.4, 0.5) is 0 Å². The third-order valence-corrected chi connectivity index (χ3v) is 2.72. The average molecular weight is 172 g/mol. The highest BCUT2D eigenvalue weighted by Gasteiger charge is 2.33. The molecule has 3 nitrogen and oxygen atoms in total. The van der Waals surface area contributed by atoms with Crippen LogP contribution in [-0.4, -0.2) is 24.3 Å². The molecule has 1 rings (SSSR count). The first kappa shape index (κ1) is 9.52. The van der Waals surface area contributed by atoms with Crippen molar-refractivity contribution in [2.75, 3.05) is 7.11 Å². The van der Waals surface area contributed by atoms with Crippen molar-refractivity contribution < 1.29 is 14.6 Å². The Bertz CT molecular complexity index is 163. The van der Waals surface area contributed by atoms with E-state index in [4.69, 9.17) is 0 Å². The van der Waals surface area contributed by atoms with Gasteiger partial charge in [0.05, 0.1) is 19.1 Å². The summed E-state index contributed by atoms with van der Waals surface area (Å²) in [4.78, 5) is 11.0. The first-order valence-corrected chi connectivity index (χ1v) is 4.42. The number of methoxy groups -OCH3 is 1. The van der Waals surface area contributed by atoms with Crippen LogP contribution in [0.2, 0.25) is 0 Å². The van der Waals surface area contributed by atoms with E-state index in [0.717, 1.165) is 12.8 Å². The average Bonchev–Trinajstić information content (AvgIpc) is 1.98. The standard InChI is InChI=1S/C9H16O3/c1-6(9(11)12-2)8(10)7-4-3-5-7/h6-8,10H,3-5H2,1-2H3. The SMILES string of the molecule is COC(=O)C(C)C(O)C1CCC1. The molecule has 1 fully saturated rings. The van der Waals surface area contributed by atoms with E-state index < -0.39 is 6.10 Å². The molecule has 0 aromatic carbocycles. The Kier molecular flexibility index (Phi) is 3.09. The highest BCUT2D eigenvalue weighted by molar-refractivity contribution is 5.72. The minimum absolute atomic E-state index is 0.311. The molecule has 3 heteroatoms. The molecular weight excluding hydrogens is 156 g/mol. The summed E-state index contributed by atoms with van der Waals surface area (Å²) in [6, 6.07) is 0. The second-order valence-electron chi connectivity index (χ2n) is 3.49. The van der Waals surface area contributed by atoms with Gasteiger partial charge in [-0.25, -0.2) is 0 Å². The number of carbonyl (C=O) groups excluding carboxylic acids is 1. The van der Waals surface area contributed by atoms with Crippen LogP contribution >= 0.6 is 0 Å². The van der Waals surface area contributed by atoms with E-state index in [1.165, 1.54) is 13.5 Å². The number of hydrogen-bond donors (Lipinski definition) is 1. The number of carbonyl (C=O) groups is 1. The van der Waals surface area contributed by atoms with Crippen LogP contribution in [0.25, 0.3) is 0 Å². The summed E-state index contributed by atoms with van der Waals surface area (Å²) >= 11 is 0. The Hall–Kier alpha value is -0.570. The third kappa shape index (κ3) is 1.78. The number of hydrogen-bond acceptors (Lipinski definition) is 3. The van der Waals surface area contributed by atoms with Gasteiger partial charge in [-0.05, 0) is 25.7 Å². The molecule has 12 heavy (non-hydrogen) atoms. The van der Waals surface area contributed by atoms with Crippen molar-refractivity contribution in [1.82, 2.24) is 0 Å². The van der Waals surface area contributed by atoms with Gasteiger partial charge in [0.25, 0.3) is 0 Å². The fraction of sp³-hybridized carbons (Fsp3) is 0.889. The van der Waals surface area contributed by atoms with Gasteiger partial charge in [0.2, 0.25) is 0 Å². The fourth-order valence-electron chi connectivity index (χ4n) is 1.51. The zero-order valence-corrected chi connectivity index (χ0v) is 7.62. The van der Waals surface area contributed by atoms with E-state index in [0.29, 0.717) is 5.92 Å². The van der Waals surface area contributed by atoms with E-state index in [9.17, 15) is 9.90 Å². The van der Waals surface area contributed by atoms with E-state index in [1.54, 1.807) is 6.92 Å². The van der Waals surface area contributed by atoms with Gasteiger partial charge in [-0.2, -0.15) is 0 Å². The third-order valence-electron chi connectivity index (χ3n) is 2.72. The number of ether oxygens (including phenoxy) is 1. The first-order chi connectivity index (χ1) is 5.66. The molecule has 0 heterocycles. The maximum Gasteiger partial charge on any atom is 0.311 e. The quantitative estimate of drug-likeness (QED) is 0.645. The largest absolute Gasteiger partial charge is 0.469 e. The van der Waals surface area contributed by atoms with Crippen molar-refractivity contribution in [1.29, 1.82) is 0 Å². The molecule has 1 aliphatic carbocycles. The number of esters is 1. The molecule has 2 unspecified atom stereocenters. The van der Waals surface area contributed by atoms with E-state index in [2.05, 4.69) is 4.74 Å². The molecule has 70 valence electrons. The summed E-state index contributed by atoms with van der Waals surface area (Å²) in [6.07, 6.45) is 2.76. The summed E-state index contributed by atoms with van der Waals surface area (Å²) in [5.74, 6) is -0.367. The Balaban J connectivity index is 2.39. The van der Waals surface area contributed by atoms with Gasteiger partial charge in [-0.15, -0.1) is 0 Å². The molecule has 0 bridgehead atoms. The Labute approximate surface area is 72.7 Å². The monoisotopic (exact) mass is 172 g/mol. The van der Waals surface area contributed by atoms with Crippen molar-refractivity contribution in [3.05, 3.63) is 0 Å². The van der Waals surface area contributed by atoms with Gasteiger partial charge in [0, 0.05) is 0 Å².